The van der Waals surface area contributed by atoms with E-state index >= 15 is 0 Å². The van der Waals surface area contributed by atoms with Gasteiger partial charge in [-0.2, -0.15) is 0 Å². The van der Waals surface area contributed by atoms with Crippen LogP contribution in [0.3, 0.4) is 0 Å². The van der Waals surface area contributed by atoms with Gasteiger partial charge >= 0.3 is 0 Å². The molecular formula is C16H17FN2O2. The smallest absolute Gasteiger partial charge is 0.251 e. The van der Waals surface area contributed by atoms with Gasteiger partial charge in [0, 0.05) is 23.9 Å². The Morgan fingerprint density at radius 3 is 2.76 bits per heavy atom. The molecule has 2 aromatic carbocycles. The molecule has 0 unspecified atom stereocenters. The zero-order valence-electron chi connectivity index (χ0n) is 11.7. The number of nitrogens with one attached hydrogen (secondary N) is 1. The summed E-state index contributed by atoms with van der Waals surface area (Å²) in [5.74, 6) is -0.0106. The SMILES string of the molecule is COc1cc(N)cc(C(=O)NCCc2ccccc2F)c1. The van der Waals surface area contributed by atoms with Crippen molar-refractivity contribution in [1.29, 1.82) is 0 Å². The molecule has 0 saturated heterocycles. The van der Waals surface area contributed by atoms with Crippen molar-refractivity contribution in [3.63, 3.8) is 0 Å². The molecule has 5 heteroatoms. The van der Waals surface area contributed by atoms with Gasteiger partial charge < -0.3 is 15.8 Å². The monoisotopic (exact) mass is 288 g/mol. The third-order valence-electron chi connectivity index (χ3n) is 3.06. The number of anilines is 1. The van der Waals surface area contributed by atoms with Crippen LogP contribution in [0.2, 0.25) is 0 Å². The molecule has 1 amide bonds. The summed E-state index contributed by atoms with van der Waals surface area (Å²) in [7, 11) is 1.51. The Balaban J connectivity index is 1.96. The quantitative estimate of drug-likeness (QED) is 0.830. The maximum atomic E-state index is 13.4. The summed E-state index contributed by atoms with van der Waals surface area (Å²) in [5, 5.41) is 2.74. The standard InChI is InChI=1S/C16H17FN2O2/c1-21-14-9-12(8-13(18)10-14)16(20)19-7-6-11-4-2-3-5-15(11)17/h2-5,8-10H,6-7,18H2,1H3,(H,19,20). The van der Waals surface area contributed by atoms with Crippen molar-refractivity contribution in [3.8, 4) is 5.75 Å². The second-order valence-corrected chi connectivity index (χ2v) is 4.59. The van der Waals surface area contributed by atoms with E-state index in [9.17, 15) is 9.18 Å². The fraction of sp³-hybridized carbons (Fsp3) is 0.188. The number of nitrogen functional groups attached to an aromatic ring is 1. The second kappa shape index (κ2) is 6.74. The molecule has 4 nitrogen and oxygen atoms in total. The van der Waals surface area contributed by atoms with E-state index in [0.29, 0.717) is 35.5 Å². The van der Waals surface area contributed by atoms with Crippen molar-refractivity contribution >= 4 is 11.6 Å². The molecule has 0 aromatic heterocycles. The Bertz CT molecular complexity index is 644. The fourth-order valence-electron chi connectivity index (χ4n) is 1.98. The highest BCUT2D eigenvalue weighted by molar-refractivity contribution is 5.95. The fourth-order valence-corrected chi connectivity index (χ4v) is 1.98. The number of amides is 1. The van der Waals surface area contributed by atoms with Crippen LogP contribution in [-0.2, 0) is 6.42 Å². The average molecular weight is 288 g/mol. The van der Waals surface area contributed by atoms with E-state index in [0.717, 1.165) is 0 Å². The van der Waals surface area contributed by atoms with Gasteiger partial charge in [-0.25, -0.2) is 4.39 Å². The van der Waals surface area contributed by atoms with Gasteiger partial charge in [-0.15, -0.1) is 0 Å². The van der Waals surface area contributed by atoms with Crippen LogP contribution in [-0.4, -0.2) is 19.6 Å². The van der Waals surface area contributed by atoms with Crippen LogP contribution < -0.4 is 15.8 Å². The minimum absolute atomic E-state index is 0.266. The van der Waals surface area contributed by atoms with E-state index in [1.165, 1.54) is 13.2 Å². The maximum Gasteiger partial charge on any atom is 0.251 e. The van der Waals surface area contributed by atoms with Gasteiger partial charge in [-0.1, -0.05) is 18.2 Å². The topological polar surface area (TPSA) is 64.3 Å². The predicted octanol–water partition coefficient (Wildman–Crippen LogP) is 2.39. The number of hydrogen-bond donors (Lipinski definition) is 2. The minimum Gasteiger partial charge on any atom is -0.497 e. The highest BCUT2D eigenvalue weighted by Gasteiger charge is 2.08. The van der Waals surface area contributed by atoms with Gasteiger partial charge in [-0.3, -0.25) is 4.79 Å². The molecule has 0 aliphatic heterocycles. The summed E-state index contributed by atoms with van der Waals surface area (Å²) in [4.78, 5) is 12.0. The van der Waals surface area contributed by atoms with Crippen LogP contribution in [0.25, 0.3) is 0 Å². The first kappa shape index (κ1) is 14.8. The maximum absolute atomic E-state index is 13.4. The van der Waals surface area contributed by atoms with E-state index < -0.39 is 0 Å². The van der Waals surface area contributed by atoms with E-state index in [2.05, 4.69) is 5.32 Å². The van der Waals surface area contributed by atoms with E-state index in [1.807, 2.05) is 0 Å². The molecule has 0 saturated carbocycles. The number of carbonyl (C=O) groups is 1. The Morgan fingerprint density at radius 1 is 1.29 bits per heavy atom. The Kier molecular flexibility index (Phi) is 4.77. The number of halogens is 1. The van der Waals surface area contributed by atoms with Crippen LogP contribution in [0.1, 0.15) is 15.9 Å². The number of carbonyl (C=O) groups excluding carboxylic acids is 1. The molecule has 0 radical (unpaired) electrons. The Hall–Kier alpha value is -2.56. The summed E-state index contributed by atoms with van der Waals surface area (Å²) >= 11 is 0. The van der Waals surface area contributed by atoms with Crippen molar-refractivity contribution in [2.45, 2.75) is 6.42 Å². The third-order valence-corrected chi connectivity index (χ3v) is 3.06. The lowest BCUT2D eigenvalue weighted by Crippen LogP contribution is -2.26. The van der Waals surface area contributed by atoms with Gasteiger partial charge in [0.1, 0.15) is 11.6 Å². The van der Waals surface area contributed by atoms with Gasteiger partial charge in [0.2, 0.25) is 0 Å². The molecule has 2 aromatic rings. The third kappa shape index (κ3) is 3.95. The van der Waals surface area contributed by atoms with Gasteiger partial charge in [-0.05, 0) is 30.2 Å². The van der Waals surface area contributed by atoms with E-state index in [1.54, 1.807) is 36.4 Å². The van der Waals surface area contributed by atoms with Crippen molar-refractivity contribution in [3.05, 3.63) is 59.4 Å². The van der Waals surface area contributed by atoms with Crippen LogP contribution in [0.15, 0.2) is 42.5 Å². The molecule has 0 fully saturated rings. The molecule has 0 atom stereocenters. The van der Waals surface area contributed by atoms with Gasteiger partial charge in [0.15, 0.2) is 0 Å². The lowest BCUT2D eigenvalue weighted by molar-refractivity contribution is 0.0953. The Labute approximate surface area is 122 Å². The van der Waals surface area contributed by atoms with Crippen LogP contribution in [0.4, 0.5) is 10.1 Å². The molecule has 110 valence electrons. The van der Waals surface area contributed by atoms with Gasteiger partial charge in [0.05, 0.1) is 7.11 Å². The molecule has 2 rings (SSSR count). The first-order chi connectivity index (χ1) is 10.1. The zero-order chi connectivity index (χ0) is 15.2. The number of benzene rings is 2. The first-order valence-electron chi connectivity index (χ1n) is 6.56. The number of nitrogens with two attached hydrogens (primary N) is 1. The van der Waals surface area contributed by atoms with Crippen molar-refractivity contribution in [2.75, 3.05) is 19.4 Å². The number of ether oxygens (including phenoxy) is 1. The second-order valence-electron chi connectivity index (χ2n) is 4.59. The lowest BCUT2D eigenvalue weighted by Gasteiger charge is -2.08. The van der Waals surface area contributed by atoms with E-state index in [4.69, 9.17) is 10.5 Å². The summed E-state index contributed by atoms with van der Waals surface area (Å²) in [6.07, 6.45) is 0.428. The largest absolute Gasteiger partial charge is 0.497 e. The molecule has 3 N–H and O–H groups in total. The molecule has 0 aliphatic rings. The molecule has 21 heavy (non-hydrogen) atoms. The first-order valence-corrected chi connectivity index (χ1v) is 6.56. The van der Waals surface area contributed by atoms with E-state index in [-0.39, 0.29) is 11.7 Å². The van der Waals surface area contributed by atoms with Crippen LogP contribution in [0, 0.1) is 5.82 Å². The van der Waals surface area contributed by atoms with Crippen molar-refractivity contribution in [2.24, 2.45) is 0 Å². The molecule has 0 bridgehead atoms. The van der Waals surface area contributed by atoms with Crippen LogP contribution >= 0.6 is 0 Å². The molecule has 0 spiro atoms. The number of hydrogen-bond acceptors (Lipinski definition) is 3. The number of methoxy groups -OCH3 is 1. The van der Waals surface area contributed by atoms with Crippen molar-refractivity contribution in [1.82, 2.24) is 5.32 Å². The number of rotatable bonds is 5. The minimum atomic E-state index is -0.267. The summed E-state index contributed by atoms with van der Waals surface area (Å²) in [6, 6.07) is 11.3. The molecular weight excluding hydrogens is 271 g/mol. The van der Waals surface area contributed by atoms with Gasteiger partial charge in [0.25, 0.3) is 5.91 Å². The molecule has 0 heterocycles. The molecule has 0 aliphatic carbocycles. The highest BCUT2D eigenvalue weighted by Crippen LogP contribution is 2.18. The predicted molar refractivity (Wildman–Crippen MR) is 79.8 cm³/mol. The van der Waals surface area contributed by atoms with Crippen LogP contribution in [0.5, 0.6) is 5.75 Å². The van der Waals surface area contributed by atoms with Crippen molar-refractivity contribution < 1.29 is 13.9 Å². The summed E-state index contributed by atoms with van der Waals surface area (Å²) in [6.45, 7) is 0.344. The summed E-state index contributed by atoms with van der Waals surface area (Å²) in [5.41, 5.74) is 7.14. The summed E-state index contributed by atoms with van der Waals surface area (Å²) < 4.78 is 18.5. The highest BCUT2D eigenvalue weighted by atomic mass is 19.1. The normalized spacial score (nSPS) is 10.2. The Morgan fingerprint density at radius 2 is 2.05 bits per heavy atom. The lowest BCUT2D eigenvalue weighted by atomic mass is 10.1. The average Bonchev–Trinajstić information content (AvgIpc) is 2.48. The zero-order valence-corrected chi connectivity index (χ0v) is 11.7.